The molecule has 0 atom stereocenters. The molecule has 1 saturated heterocycles. The van der Waals surface area contributed by atoms with Crippen LogP contribution in [0.4, 0.5) is 5.69 Å². The van der Waals surface area contributed by atoms with Crippen LogP contribution < -0.4 is 4.90 Å². The minimum atomic E-state index is 0.362. The summed E-state index contributed by atoms with van der Waals surface area (Å²) in [7, 11) is 0. The normalized spacial score (nSPS) is 16.1. The molecule has 0 aliphatic carbocycles. The Kier molecular flexibility index (Phi) is 3.63. The summed E-state index contributed by atoms with van der Waals surface area (Å²) in [5, 5.41) is 9.98. The first-order chi connectivity index (χ1) is 11.3. The highest BCUT2D eigenvalue weighted by Crippen LogP contribution is 2.27. The molecule has 0 amide bonds. The van der Waals surface area contributed by atoms with Crippen molar-refractivity contribution in [3.8, 4) is 5.75 Å². The lowest BCUT2D eigenvalue weighted by Gasteiger charge is -2.36. The Balaban J connectivity index is 1.41. The molecule has 3 heterocycles. The van der Waals surface area contributed by atoms with E-state index in [0.717, 1.165) is 49.8 Å². The van der Waals surface area contributed by atoms with E-state index in [1.807, 2.05) is 42.6 Å². The van der Waals surface area contributed by atoms with Gasteiger partial charge >= 0.3 is 0 Å². The maximum absolute atomic E-state index is 9.98. The molecule has 1 aliphatic heterocycles. The average molecular weight is 308 g/mol. The van der Waals surface area contributed by atoms with Crippen molar-refractivity contribution in [2.45, 2.75) is 6.54 Å². The Morgan fingerprint density at radius 2 is 1.74 bits per heavy atom. The number of phenolic OH excluding ortho intramolecular Hbond substituents is 1. The van der Waals surface area contributed by atoms with E-state index in [4.69, 9.17) is 0 Å². The number of hydrogen-bond donors (Lipinski definition) is 1. The van der Waals surface area contributed by atoms with Crippen molar-refractivity contribution in [1.82, 2.24) is 14.3 Å². The van der Waals surface area contributed by atoms with Gasteiger partial charge in [-0.15, -0.1) is 0 Å². The first kappa shape index (κ1) is 14.1. The Morgan fingerprint density at radius 1 is 0.957 bits per heavy atom. The van der Waals surface area contributed by atoms with Crippen LogP contribution in [0, 0.1) is 0 Å². The zero-order chi connectivity index (χ0) is 15.6. The van der Waals surface area contributed by atoms with E-state index in [9.17, 15) is 5.11 Å². The second kappa shape index (κ2) is 5.93. The van der Waals surface area contributed by atoms with Crippen molar-refractivity contribution in [1.29, 1.82) is 0 Å². The molecule has 2 aromatic heterocycles. The number of piperazine rings is 1. The molecule has 1 N–H and O–H groups in total. The van der Waals surface area contributed by atoms with E-state index in [-0.39, 0.29) is 0 Å². The van der Waals surface area contributed by atoms with E-state index in [1.54, 1.807) is 6.07 Å². The number of nitrogens with zero attached hydrogens (tertiary/aromatic N) is 4. The first-order valence-electron chi connectivity index (χ1n) is 7.97. The van der Waals surface area contributed by atoms with Crippen molar-refractivity contribution >= 4 is 11.3 Å². The molecule has 4 rings (SSSR count). The van der Waals surface area contributed by atoms with Gasteiger partial charge in [0, 0.05) is 45.1 Å². The van der Waals surface area contributed by atoms with E-state index >= 15 is 0 Å². The highest BCUT2D eigenvalue weighted by Gasteiger charge is 2.19. The maximum atomic E-state index is 9.98. The van der Waals surface area contributed by atoms with Crippen molar-refractivity contribution < 1.29 is 5.11 Å². The Bertz CT molecular complexity index is 772. The van der Waals surface area contributed by atoms with Crippen LogP contribution in [0.15, 0.2) is 54.9 Å². The first-order valence-corrected chi connectivity index (χ1v) is 7.97. The van der Waals surface area contributed by atoms with Gasteiger partial charge in [0.15, 0.2) is 0 Å². The molecule has 3 aromatic rings. The number of anilines is 1. The van der Waals surface area contributed by atoms with Crippen LogP contribution in [0.25, 0.3) is 5.65 Å². The number of hydrogen-bond acceptors (Lipinski definition) is 4. The van der Waals surface area contributed by atoms with Gasteiger partial charge in [0.2, 0.25) is 0 Å². The molecule has 1 aromatic carbocycles. The zero-order valence-corrected chi connectivity index (χ0v) is 13.0. The number of aromatic nitrogens is 2. The van der Waals surface area contributed by atoms with Crippen LogP contribution in [0.3, 0.4) is 0 Å². The minimum absolute atomic E-state index is 0.362. The number of para-hydroxylation sites is 2. The molecule has 0 spiro atoms. The minimum Gasteiger partial charge on any atom is -0.506 e. The number of aromatic hydroxyl groups is 1. The predicted molar refractivity (Wildman–Crippen MR) is 90.8 cm³/mol. The topological polar surface area (TPSA) is 44.0 Å². The fraction of sp³-hybridized carbons (Fsp3) is 0.278. The second-order valence-electron chi connectivity index (χ2n) is 5.95. The van der Waals surface area contributed by atoms with Crippen molar-refractivity contribution in [2.24, 2.45) is 0 Å². The van der Waals surface area contributed by atoms with Gasteiger partial charge in [0.25, 0.3) is 0 Å². The molecular formula is C18H20N4O. The summed E-state index contributed by atoms with van der Waals surface area (Å²) in [4.78, 5) is 9.33. The van der Waals surface area contributed by atoms with Crippen LogP contribution in [0.1, 0.15) is 5.69 Å². The Labute approximate surface area is 135 Å². The van der Waals surface area contributed by atoms with Gasteiger partial charge in [-0.25, -0.2) is 4.98 Å². The molecule has 5 nitrogen and oxygen atoms in total. The molecule has 0 saturated carbocycles. The molecule has 0 bridgehead atoms. The number of imidazole rings is 1. The van der Waals surface area contributed by atoms with Crippen molar-refractivity contribution in [3.05, 3.63) is 60.6 Å². The second-order valence-corrected chi connectivity index (χ2v) is 5.95. The van der Waals surface area contributed by atoms with Gasteiger partial charge in [-0.1, -0.05) is 18.2 Å². The van der Waals surface area contributed by atoms with E-state index in [2.05, 4.69) is 25.4 Å². The summed E-state index contributed by atoms with van der Waals surface area (Å²) >= 11 is 0. The van der Waals surface area contributed by atoms with Gasteiger partial charge in [-0.2, -0.15) is 0 Å². The van der Waals surface area contributed by atoms with Crippen LogP contribution in [-0.2, 0) is 6.54 Å². The van der Waals surface area contributed by atoms with Gasteiger partial charge < -0.3 is 14.4 Å². The lowest BCUT2D eigenvalue weighted by Crippen LogP contribution is -2.46. The zero-order valence-electron chi connectivity index (χ0n) is 13.0. The van der Waals surface area contributed by atoms with E-state index in [0.29, 0.717) is 5.75 Å². The third-order valence-electron chi connectivity index (χ3n) is 4.39. The number of pyridine rings is 1. The molecule has 5 heteroatoms. The number of phenols is 1. The summed E-state index contributed by atoms with van der Waals surface area (Å²) < 4.78 is 2.06. The lowest BCUT2D eigenvalue weighted by atomic mass is 10.2. The van der Waals surface area contributed by atoms with Crippen molar-refractivity contribution in [2.75, 3.05) is 31.1 Å². The summed E-state index contributed by atoms with van der Waals surface area (Å²) in [6.45, 7) is 4.66. The summed E-state index contributed by atoms with van der Waals surface area (Å²) in [6.07, 6.45) is 4.13. The summed E-state index contributed by atoms with van der Waals surface area (Å²) in [6, 6.07) is 13.6. The van der Waals surface area contributed by atoms with Crippen LogP contribution in [0.2, 0.25) is 0 Å². The smallest absolute Gasteiger partial charge is 0.138 e. The van der Waals surface area contributed by atoms with Crippen LogP contribution in [0.5, 0.6) is 5.75 Å². The van der Waals surface area contributed by atoms with Gasteiger partial charge in [-0.05, 0) is 24.3 Å². The van der Waals surface area contributed by atoms with Crippen LogP contribution >= 0.6 is 0 Å². The summed E-state index contributed by atoms with van der Waals surface area (Å²) in [5.41, 5.74) is 3.03. The highest BCUT2D eigenvalue weighted by atomic mass is 16.3. The van der Waals surface area contributed by atoms with Gasteiger partial charge in [0.05, 0.1) is 11.4 Å². The van der Waals surface area contributed by atoms with Gasteiger partial charge in [0.1, 0.15) is 11.4 Å². The molecule has 0 unspecified atom stereocenters. The highest BCUT2D eigenvalue weighted by molar-refractivity contribution is 5.57. The third kappa shape index (κ3) is 2.87. The van der Waals surface area contributed by atoms with E-state index in [1.165, 1.54) is 0 Å². The summed E-state index contributed by atoms with van der Waals surface area (Å²) in [5.74, 6) is 0.362. The quantitative estimate of drug-likeness (QED) is 0.807. The molecule has 23 heavy (non-hydrogen) atoms. The fourth-order valence-electron chi connectivity index (χ4n) is 3.17. The predicted octanol–water partition coefficient (Wildman–Crippen LogP) is 2.36. The fourth-order valence-corrected chi connectivity index (χ4v) is 3.17. The Morgan fingerprint density at radius 3 is 2.52 bits per heavy atom. The average Bonchev–Trinajstić information content (AvgIpc) is 2.98. The van der Waals surface area contributed by atoms with Gasteiger partial charge in [-0.3, -0.25) is 4.90 Å². The monoisotopic (exact) mass is 308 g/mol. The number of rotatable bonds is 3. The maximum Gasteiger partial charge on any atom is 0.138 e. The molecule has 1 aliphatic rings. The number of fused-ring (bicyclic) bond motifs is 1. The molecule has 0 radical (unpaired) electrons. The Hall–Kier alpha value is -2.53. The molecule has 1 fully saturated rings. The standard InChI is InChI=1S/C18H20N4O/c23-17-6-2-1-5-16(17)21-11-9-20(10-12-21)13-15-14-22-8-4-3-7-18(22)19-15/h1-8,14,23H,9-13H2. The number of benzene rings is 1. The third-order valence-corrected chi connectivity index (χ3v) is 4.39. The molecular weight excluding hydrogens is 288 g/mol. The molecule has 118 valence electrons. The SMILES string of the molecule is Oc1ccccc1N1CCN(Cc2cn3ccccc3n2)CC1. The lowest BCUT2D eigenvalue weighted by molar-refractivity contribution is 0.247. The van der Waals surface area contributed by atoms with E-state index < -0.39 is 0 Å². The van der Waals surface area contributed by atoms with Crippen molar-refractivity contribution in [3.63, 3.8) is 0 Å². The largest absolute Gasteiger partial charge is 0.506 e. The van der Waals surface area contributed by atoms with Crippen LogP contribution in [-0.4, -0.2) is 45.6 Å².